The van der Waals surface area contributed by atoms with Gasteiger partial charge in [-0.3, -0.25) is 14.2 Å². The third-order valence-electron chi connectivity index (χ3n) is 4.76. The Labute approximate surface area is 165 Å². The zero-order valence-corrected chi connectivity index (χ0v) is 16.3. The van der Waals surface area contributed by atoms with Crippen molar-refractivity contribution in [3.05, 3.63) is 70.9 Å². The summed E-state index contributed by atoms with van der Waals surface area (Å²) in [5, 5.41) is 3.81. The first-order chi connectivity index (χ1) is 13.7. The molecule has 0 aliphatic carbocycles. The molecule has 0 aliphatic rings. The van der Waals surface area contributed by atoms with E-state index in [1.54, 1.807) is 6.20 Å². The number of hydrogen-bond donors (Lipinski definition) is 1. The van der Waals surface area contributed by atoms with Crippen molar-refractivity contribution in [1.82, 2.24) is 19.9 Å². The summed E-state index contributed by atoms with van der Waals surface area (Å²) in [7, 11) is 0. The minimum absolute atomic E-state index is 0.166. The number of amides is 1. The molecule has 3 heterocycles. The van der Waals surface area contributed by atoms with Crippen LogP contribution in [0.3, 0.4) is 0 Å². The van der Waals surface area contributed by atoms with Crippen LogP contribution < -0.4 is 10.9 Å². The van der Waals surface area contributed by atoms with Gasteiger partial charge in [0.15, 0.2) is 0 Å². The van der Waals surface area contributed by atoms with Crippen molar-refractivity contribution in [1.29, 1.82) is 0 Å². The minimum Gasteiger partial charge on any atom is -0.354 e. The highest BCUT2D eigenvalue weighted by Crippen LogP contribution is 2.28. The number of rotatable bonds is 6. The molecule has 0 radical (unpaired) electrons. The summed E-state index contributed by atoms with van der Waals surface area (Å²) < 4.78 is 1.97. The monoisotopic (exact) mass is 392 g/mol. The molecule has 1 N–H and O–H groups in total. The maximum Gasteiger partial charge on any atom is 0.272 e. The van der Waals surface area contributed by atoms with Crippen molar-refractivity contribution in [2.45, 2.75) is 25.8 Å². The van der Waals surface area contributed by atoms with Gasteiger partial charge >= 0.3 is 0 Å². The standard InChI is InChI=1S/C21H20N4O2S/c1-2-16(19(26)22-12-10-14-7-4-3-5-8-14)25-13-24-17-15-9-6-11-23-20(15)28-18(17)21(25)27/h3-9,11,13,16H,2,10,12H2,1H3,(H,22,26). The van der Waals surface area contributed by atoms with E-state index >= 15 is 0 Å². The van der Waals surface area contributed by atoms with Crippen molar-refractivity contribution >= 4 is 37.7 Å². The van der Waals surface area contributed by atoms with Crippen LogP contribution in [-0.2, 0) is 11.2 Å². The fraction of sp³-hybridized carbons (Fsp3) is 0.238. The van der Waals surface area contributed by atoms with Gasteiger partial charge in [-0.2, -0.15) is 0 Å². The Hall–Kier alpha value is -3.06. The molecule has 0 aliphatic heterocycles. The van der Waals surface area contributed by atoms with Crippen LogP contribution >= 0.6 is 11.3 Å². The summed E-state index contributed by atoms with van der Waals surface area (Å²) in [4.78, 5) is 35.3. The molecule has 0 fully saturated rings. The maximum absolute atomic E-state index is 13.0. The van der Waals surface area contributed by atoms with E-state index in [0.717, 1.165) is 22.2 Å². The van der Waals surface area contributed by atoms with Crippen LogP contribution in [0.5, 0.6) is 0 Å². The second-order valence-corrected chi connectivity index (χ2v) is 7.54. The van der Waals surface area contributed by atoms with Gasteiger partial charge in [0.2, 0.25) is 5.91 Å². The number of carbonyl (C=O) groups excluding carboxylic acids is 1. The largest absolute Gasteiger partial charge is 0.354 e. The average Bonchev–Trinajstić information content (AvgIpc) is 3.11. The summed E-state index contributed by atoms with van der Waals surface area (Å²) in [6, 6.07) is 13.1. The number of nitrogens with zero attached hydrogens (tertiary/aromatic N) is 3. The van der Waals surface area contributed by atoms with E-state index in [2.05, 4.69) is 15.3 Å². The Kier molecular flexibility index (Phi) is 5.16. The van der Waals surface area contributed by atoms with E-state index in [4.69, 9.17) is 0 Å². The highest BCUT2D eigenvalue weighted by Gasteiger charge is 2.22. The molecule has 142 valence electrons. The van der Waals surface area contributed by atoms with Gasteiger partial charge in [0, 0.05) is 18.1 Å². The van der Waals surface area contributed by atoms with Crippen LogP contribution in [-0.4, -0.2) is 27.0 Å². The van der Waals surface area contributed by atoms with Gasteiger partial charge in [-0.05, 0) is 30.5 Å². The molecule has 3 aromatic heterocycles. The number of nitrogens with one attached hydrogen (secondary N) is 1. The summed E-state index contributed by atoms with van der Waals surface area (Å²) >= 11 is 1.32. The van der Waals surface area contributed by atoms with Crippen molar-refractivity contribution in [2.75, 3.05) is 6.54 Å². The van der Waals surface area contributed by atoms with Crippen LogP contribution in [0.4, 0.5) is 0 Å². The van der Waals surface area contributed by atoms with E-state index in [1.807, 2.05) is 49.4 Å². The predicted octanol–water partition coefficient (Wildman–Crippen LogP) is 3.32. The maximum atomic E-state index is 13.0. The second-order valence-electron chi connectivity index (χ2n) is 6.54. The third kappa shape index (κ3) is 3.41. The summed E-state index contributed by atoms with van der Waals surface area (Å²) in [5.74, 6) is -0.166. The van der Waals surface area contributed by atoms with E-state index in [-0.39, 0.29) is 11.5 Å². The van der Waals surface area contributed by atoms with Crippen LogP contribution in [0.15, 0.2) is 59.8 Å². The first-order valence-electron chi connectivity index (χ1n) is 9.25. The van der Waals surface area contributed by atoms with Crippen molar-refractivity contribution in [3.8, 4) is 0 Å². The molecule has 0 saturated heterocycles. The molecule has 0 saturated carbocycles. The van der Waals surface area contributed by atoms with Gasteiger partial charge in [0.25, 0.3) is 5.56 Å². The lowest BCUT2D eigenvalue weighted by Gasteiger charge is -2.17. The molecule has 1 aromatic carbocycles. The smallest absolute Gasteiger partial charge is 0.272 e. The number of fused-ring (bicyclic) bond motifs is 3. The molecular formula is C21H20N4O2S. The molecule has 0 spiro atoms. The molecule has 7 heteroatoms. The lowest BCUT2D eigenvalue weighted by molar-refractivity contribution is -0.124. The molecule has 0 bridgehead atoms. The Bertz CT molecular complexity index is 1180. The molecule has 1 unspecified atom stereocenters. The summed E-state index contributed by atoms with van der Waals surface area (Å²) in [6.07, 6.45) is 4.44. The number of carbonyl (C=O) groups is 1. The summed E-state index contributed by atoms with van der Waals surface area (Å²) in [5.41, 5.74) is 1.61. The third-order valence-corrected chi connectivity index (χ3v) is 5.85. The highest BCUT2D eigenvalue weighted by molar-refractivity contribution is 7.25. The number of aromatic nitrogens is 3. The zero-order valence-electron chi connectivity index (χ0n) is 15.5. The number of benzene rings is 1. The van der Waals surface area contributed by atoms with Crippen LogP contribution in [0, 0.1) is 0 Å². The zero-order chi connectivity index (χ0) is 19.5. The number of pyridine rings is 1. The van der Waals surface area contributed by atoms with E-state index in [0.29, 0.717) is 23.2 Å². The Morgan fingerprint density at radius 2 is 2.00 bits per heavy atom. The SMILES string of the molecule is CCC(C(=O)NCCc1ccccc1)n1cnc2c(sc3ncccc32)c1=O. The van der Waals surface area contributed by atoms with Gasteiger partial charge in [-0.15, -0.1) is 11.3 Å². The van der Waals surface area contributed by atoms with Gasteiger partial charge in [0.05, 0.1) is 11.8 Å². The topological polar surface area (TPSA) is 76.9 Å². The molecule has 1 amide bonds. The Morgan fingerprint density at radius 3 is 2.79 bits per heavy atom. The van der Waals surface area contributed by atoms with Crippen LogP contribution in [0.1, 0.15) is 24.9 Å². The molecule has 4 rings (SSSR count). The first kappa shape index (κ1) is 18.3. The lowest BCUT2D eigenvalue weighted by atomic mass is 10.1. The van der Waals surface area contributed by atoms with Crippen molar-refractivity contribution in [2.24, 2.45) is 0 Å². The number of hydrogen-bond acceptors (Lipinski definition) is 5. The van der Waals surface area contributed by atoms with Crippen LogP contribution in [0.2, 0.25) is 0 Å². The first-order valence-corrected chi connectivity index (χ1v) is 10.1. The quantitative estimate of drug-likeness (QED) is 0.546. The van der Waals surface area contributed by atoms with E-state index in [9.17, 15) is 9.59 Å². The second kappa shape index (κ2) is 7.90. The van der Waals surface area contributed by atoms with Crippen molar-refractivity contribution in [3.63, 3.8) is 0 Å². The Morgan fingerprint density at radius 1 is 1.18 bits per heavy atom. The fourth-order valence-electron chi connectivity index (χ4n) is 3.31. The molecular weight excluding hydrogens is 372 g/mol. The van der Waals surface area contributed by atoms with Gasteiger partial charge in [0.1, 0.15) is 15.6 Å². The minimum atomic E-state index is -0.585. The predicted molar refractivity (Wildman–Crippen MR) is 112 cm³/mol. The lowest BCUT2D eigenvalue weighted by Crippen LogP contribution is -2.37. The Balaban J connectivity index is 1.57. The highest BCUT2D eigenvalue weighted by atomic mass is 32.1. The molecule has 6 nitrogen and oxygen atoms in total. The van der Waals surface area contributed by atoms with Gasteiger partial charge < -0.3 is 5.32 Å². The van der Waals surface area contributed by atoms with Gasteiger partial charge in [-0.1, -0.05) is 37.3 Å². The van der Waals surface area contributed by atoms with Gasteiger partial charge in [-0.25, -0.2) is 9.97 Å². The van der Waals surface area contributed by atoms with E-state index in [1.165, 1.54) is 22.2 Å². The van der Waals surface area contributed by atoms with Crippen molar-refractivity contribution < 1.29 is 4.79 Å². The summed E-state index contributed by atoms with van der Waals surface area (Å²) in [6.45, 7) is 2.42. The molecule has 28 heavy (non-hydrogen) atoms. The normalized spacial score (nSPS) is 12.3. The number of thiophene rings is 1. The van der Waals surface area contributed by atoms with E-state index < -0.39 is 6.04 Å². The molecule has 4 aromatic rings. The molecule has 1 atom stereocenters. The fourth-order valence-corrected chi connectivity index (χ4v) is 4.34. The average molecular weight is 392 g/mol. The van der Waals surface area contributed by atoms with Crippen LogP contribution in [0.25, 0.3) is 20.4 Å².